The number of benzene rings is 3. The number of rotatable bonds is 13. The van der Waals surface area contributed by atoms with Gasteiger partial charge in [-0.05, 0) is 88.5 Å². The zero-order valence-electron chi connectivity index (χ0n) is 21.8. The van der Waals surface area contributed by atoms with Gasteiger partial charge in [0.1, 0.15) is 11.5 Å². The smallest absolute Gasteiger partial charge is 0.119 e. The van der Waals surface area contributed by atoms with Gasteiger partial charge in [-0.25, -0.2) is 0 Å². The van der Waals surface area contributed by atoms with Crippen molar-refractivity contribution in [2.75, 3.05) is 19.7 Å². The van der Waals surface area contributed by atoms with Gasteiger partial charge in [-0.1, -0.05) is 54.6 Å². The van der Waals surface area contributed by atoms with Gasteiger partial charge in [0.2, 0.25) is 0 Å². The molecular weight excluding hydrogens is 432 g/mol. The second-order valence-electron chi connectivity index (χ2n) is 9.85. The van der Waals surface area contributed by atoms with E-state index in [4.69, 9.17) is 10.5 Å². The van der Waals surface area contributed by atoms with E-state index in [0.717, 1.165) is 37.1 Å². The van der Waals surface area contributed by atoms with Gasteiger partial charge in [0.05, 0.1) is 6.61 Å². The molecule has 0 aliphatic rings. The van der Waals surface area contributed by atoms with Crippen LogP contribution in [0.3, 0.4) is 0 Å². The van der Waals surface area contributed by atoms with Crippen LogP contribution in [0.4, 0.5) is 0 Å². The number of phenolic OH excluding ortho intramolecular Hbond substituents is 1. The molecule has 0 radical (unpaired) electrons. The molecule has 4 heteroatoms. The van der Waals surface area contributed by atoms with Crippen LogP contribution >= 0.6 is 0 Å². The minimum Gasteiger partial charge on any atom is -0.508 e. The van der Waals surface area contributed by atoms with E-state index in [1.54, 1.807) is 0 Å². The third-order valence-electron chi connectivity index (χ3n) is 6.69. The van der Waals surface area contributed by atoms with Crippen LogP contribution in [0.15, 0.2) is 72.8 Å². The summed E-state index contributed by atoms with van der Waals surface area (Å²) in [6.07, 6.45) is 2.61. The Hall–Kier alpha value is -2.82. The summed E-state index contributed by atoms with van der Waals surface area (Å²) in [5.74, 6) is 1.36. The second kappa shape index (κ2) is 13.3. The van der Waals surface area contributed by atoms with E-state index in [1.165, 1.54) is 16.7 Å². The summed E-state index contributed by atoms with van der Waals surface area (Å²) in [5, 5.41) is 10.9. The highest BCUT2D eigenvalue weighted by atomic mass is 16.5. The van der Waals surface area contributed by atoms with Gasteiger partial charge in [-0.15, -0.1) is 0 Å². The maximum absolute atomic E-state index is 10.9. The number of hydrogen-bond acceptors (Lipinski definition) is 4. The van der Waals surface area contributed by atoms with Crippen molar-refractivity contribution >= 4 is 0 Å². The molecule has 3 aromatic carbocycles. The van der Waals surface area contributed by atoms with Crippen LogP contribution in [0, 0.1) is 0 Å². The molecular formula is C31H42N2O2. The van der Waals surface area contributed by atoms with E-state index in [-0.39, 0.29) is 5.92 Å². The summed E-state index contributed by atoms with van der Waals surface area (Å²) >= 11 is 0. The maximum Gasteiger partial charge on any atom is 0.119 e. The third kappa shape index (κ3) is 7.84. The average Bonchev–Trinajstić information content (AvgIpc) is 2.84. The number of aromatic hydroxyl groups is 1. The Kier molecular flexibility index (Phi) is 10.2. The highest BCUT2D eigenvalue weighted by molar-refractivity contribution is 5.44. The fraction of sp³-hybridized carbons (Fsp3) is 0.419. The largest absolute Gasteiger partial charge is 0.508 e. The van der Waals surface area contributed by atoms with Gasteiger partial charge in [0.15, 0.2) is 0 Å². The molecule has 0 aliphatic heterocycles. The fourth-order valence-corrected chi connectivity index (χ4v) is 4.82. The summed E-state index contributed by atoms with van der Waals surface area (Å²) < 4.78 is 5.99. The van der Waals surface area contributed by atoms with E-state index in [2.05, 4.69) is 75.1 Å². The van der Waals surface area contributed by atoms with Crippen molar-refractivity contribution in [3.8, 4) is 11.5 Å². The lowest BCUT2D eigenvalue weighted by Gasteiger charge is -2.32. The van der Waals surface area contributed by atoms with Crippen LogP contribution in [0.2, 0.25) is 0 Å². The lowest BCUT2D eigenvalue weighted by Crippen LogP contribution is -2.38. The predicted molar refractivity (Wildman–Crippen MR) is 146 cm³/mol. The first-order chi connectivity index (χ1) is 16.9. The Morgan fingerprint density at radius 2 is 1.49 bits per heavy atom. The molecule has 3 aromatic rings. The van der Waals surface area contributed by atoms with E-state index in [9.17, 15) is 5.11 Å². The second-order valence-corrected chi connectivity index (χ2v) is 9.85. The zero-order chi connectivity index (χ0) is 25.2. The Morgan fingerprint density at radius 1 is 0.829 bits per heavy atom. The first-order valence-electron chi connectivity index (χ1n) is 12.9. The SMILES string of the molecule is CC(C)N(CC[C@H](c1ccccc1)c1cc(CCOc2ccc(CCN)cc2)ccc1O)C(C)C. The Bertz CT molecular complexity index is 1010. The van der Waals surface area contributed by atoms with Gasteiger partial charge in [-0.3, -0.25) is 4.90 Å². The highest BCUT2D eigenvalue weighted by Gasteiger charge is 2.21. The lowest BCUT2D eigenvalue weighted by molar-refractivity contribution is 0.170. The number of hydrogen-bond donors (Lipinski definition) is 2. The first-order valence-corrected chi connectivity index (χ1v) is 12.9. The molecule has 4 nitrogen and oxygen atoms in total. The fourth-order valence-electron chi connectivity index (χ4n) is 4.82. The molecule has 0 aliphatic carbocycles. The van der Waals surface area contributed by atoms with Crippen molar-refractivity contribution in [3.63, 3.8) is 0 Å². The van der Waals surface area contributed by atoms with Crippen LogP contribution in [0.5, 0.6) is 11.5 Å². The van der Waals surface area contributed by atoms with Gasteiger partial charge in [0, 0.05) is 30.0 Å². The van der Waals surface area contributed by atoms with E-state index in [1.807, 2.05) is 30.3 Å². The summed E-state index contributed by atoms with van der Waals surface area (Å²) in [5.41, 5.74) is 10.3. The number of nitrogens with zero attached hydrogens (tertiary/aromatic N) is 1. The number of nitrogens with two attached hydrogens (primary N) is 1. The summed E-state index contributed by atoms with van der Waals surface area (Å²) in [4.78, 5) is 2.52. The Morgan fingerprint density at radius 3 is 2.11 bits per heavy atom. The van der Waals surface area contributed by atoms with Crippen molar-refractivity contribution in [2.24, 2.45) is 5.73 Å². The molecule has 0 unspecified atom stereocenters. The lowest BCUT2D eigenvalue weighted by atomic mass is 9.86. The molecule has 188 valence electrons. The van der Waals surface area contributed by atoms with E-state index >= 15 is 0 Å². The topological polar surface area (TPSA) is 58.7 Å². The van der Waals surface area contributed by atoms with Crippen LogP contribution in [0.25, 0.3) is 0 Å². The predicted octanol–water partition coefficient (Wildman–Crippen LogP) is 6.16. The molecule has 3 rings (SSSR count). The summed E-state index contributed by atoms with van der Waals surface area (Å²) in [6.45, 7) is 11.2. The standard InChI is InChI=1S/C31H42N2O2/c1-23(2)33(24(3)4)20-17-29(27-8-6-5-7-9-27)30-22-26(12-15-31(30)34)18-21-35-28-13-10-25(11-14-28)16-19-32/h5-15,22-24,29,34H,16-21,32H2,1-4H3/t29-/m1/s1. The van der Waals surface area contributed by atoms with E-state index < -0.39 is 0 Å². The normalized spacial score (nSPS) is 12.5. The molecule has 0 fully saturated rings. The third-order valence-corrected chi connectivity index (χ3v) is 6.69. The monoisotopic (exact) mass is 474 g/mol. The molecule has 0 saturated carbocycles. The van der Waals surface area contributed by atoms with Crippen LogP contribution in [-0.4, -0.2) is 41.8 Å². The van der Waals surface area contributed by atoms with Crippen molar-refractivity contribution in [1.29, 1.82) is 0 Å². The van der Waals surface area contributed by atoms with Gasteiger partial charge in [-0.2, -0.15) is 0 Å². The number of ether oxygens (including phenoxy) is 1. The zero-order valence-corrected chi connectivity index (χ0v) is 21.8. The molecule has 1 atom stereocenters. The van der Waals surface area contributed by atoms with Crippen molar-refractivity contribution in [2.45, 2.75) is 65.0 Å². The van der Waals surface area contributed by atoms with Crippen molar-refractivity contribution < 1.29 is 9.84 Å². The van der Waals surface area contributed by atoms with Crippen molar-refractivity contribution in [1.82, 2.24) is 4.90 Å². The maximum atomic E-state index is 10.9. The average molecular weight is 475 g/mol. The molecule has 0 aromatic heterocycles. The van der Waals surface area contributed by atoms with Crippen LogP contribution in [0.1, 0.15) is 62.3 Å². The summed E-state index contributed by atoms with van der Waals surface area (Å²) in [6, 6.07) is 25.7. The Balaban J connectivity index is 1.74. The van der Waals surface area contributed by atoms with Crippen molar-refractivity contribution in [3.05, 3.63) is 95.1 Å². The molecule has 35 heavy (non-hydrogen) atoms. The minimum atomic E-state index is 0.132. The van der Waals surface area contributed by atoms with Gasteiger partial charge >= 0.3 is 0 Å². The molecule has 0 bridgehead atoms. The molecule has 0 spiro atoms. The Labute approximate surface area is 211 Å². The quantitative estimate of drug-likeness (QED) is 0.312. The first kappa shape index (κ1) is 26.8. The van der Waals surface area contributed by atoms with E-state index in [0.29, 0.717) is 31.0 Å². The highest BCUT2D eigenvalue weighted by Crippen LogP contribution is 2.35. The van der Waals surface area contributed by atoms with Gasteiger partial charge < -0.3 is 15.6 Å². The molecule has 0 heterocycles. The minimum absolute atomic E-state index is 0.132. The summed E-state index contributed by atoms with van der Waals surface area (Å²) in [7, 11) is 0. The molecule has 0 saturated heterocycles. The van der Waals surface area contributed by atoms with Crippen LogP contribution in [-0.2, 0) is 12.8 Å². The molecule has 0 amide bonds. The number of phenols is 1. The van der Waals surface area contributed by atoms with Gasteiger partial charge in [0.25, 0.3) is 0 Å². The van der Waals surface area contributed by atoms with Crippen LogP contribution < -0.4 is 10.5 Å². The molecule has 3 N–H and O–H groups in total.